The maximum Gasteiger partial charge on any atom is 0.166 e. The number of methoxy groups -OCH3 is 1. The Morgan fingerprint density at radius 2 is 2.11 bits per heavy atom. The van der Waals surface area contributed by atoms with Crippen LogP contribution in [-0.4, -0.2) is 26.5 Å². The molecule has 0 aliphatic carbocycles. The van der Waals surface area contributed by atoms with Gasteiger partial charge in [-0.1, -0.05) is 19.9 Å². The third kappa shape index (κ3) is 3.84. The molecule has 1 aromatic rings. The van der Waals surface area contributed by atoms with Crippen LogP contribution in [0, 0.1) is 0 Å². The lowest BCUT2D eigenvalue weighted by Crippen LogP contribution is -2.10. The van der Waals surface area contributed by atoms with Crippen molar-refractivity contribution in [3.8, 4) is 5.75 Å². The largest absolute Gasteiger partial charge is 0.496 e. The van der Waals surface area contributed by atoms with E-state index in [1.807, 2.05) is 25.2 Å². The van der Waals surface area contributed by atoms with E-state index < -0.39 is 0 Å². The van der Waals surface area contributed by atoms with E-state index in [0.29, 0.717) is 23.7 Å². The van der Waals surface area contributed by atoms with E-state index in [4.69, 9.17) is 4.74 Å². The molecule has 1 N–H and O–H groups in total. The zero-order chi connectivity index (χ0) is 13.5. The second-order valence-electron chi connectivity index (χ2n) is 4.74. The molecular weight excluding hydrogens is 226 g/mol. The number of hydrogen-bond acceptors (Lipinski definition) is 3. The zero-order valence-electron chi connectivity index (χ0n) is 11.7. The fourth-order valence-corrected chi connectivity index (χ4v) is 1.86. The number of ether oxygens (including phenoxy) is 1. The molecule has 0 saturated carbocycles. The number of ketones is 1. The van der Waals surface area contributed by atoms with Crippen LogP contribution in [0.2, 0.25) is 0 Å². The summed E-state index contributed by atoms with van der Waals surface area (Å²) in [4.78, 5) is 12.1. The molecular formula is C15H23NO2. The van der Waals surface area contributed by atoms with Gasteiger partial charge in [-0.25, -0.2) is 0 Å². The molecule has 3 heteroatoms. The molecule has 0 amide bonds. The van der Waals surface area contributed by atoms with Gasteiger partial charge in [-0.2, -0.15) is 0 Å². The minimum atomic E-state index is 0.150. The summed E-state index contributed by atoms with van der Waals surface area (Å²) in [5.41, 5.74) is 1.89. The molecule has 1 aromatic carbocycles. The fraction of sp³-hybridized carbons (Fsp3) is 0.533. The van der Waals surface area contributed by atoms with Crippen LogP contribution in [0.25, 0.3) is 0 Å². The van der Waals surface area contributed by atoms with Crippen LogP contribution in [0.4, 0.5) is 0 Å². The molecule has 0 aromatic heterocycles. The number of Topliss-reactive ketones (excluding diaryl/α,β-unsaturated/α-hetero) is 1. The van der Waals surface area contributed by atoms with Crippen molar-refractivity contribution in [3.05, 3.63) is 29.3 Å². The first-order chi connectivity index (χ1) is 8.60. The summed E-state index contributed by atoms with van der Waals surface area (Å²) in [5.74, 6) is 1.28. The van der Waals surface area contributed by atoms with Gasteiger partial charge in [-0.15, -0.1) is 0 Å². The number of benzene rings is 1. The van der Waals surface area contributed by atoms with Crippen LogP contribution in [0.1, 0.15) is 48.5 Å². The Labute approximate surface area is 110 Å². The minimum Gasteiger partial charge on any atom is -0.496 e. The van der Waals surface area contributed by atoms with Crippen LogP contribution in [0.5, 0.6) is 5.75 Å². The van der Waals surface area contributed by atoms with Crippen molar-refractivity contribution in [2.45, 2.75) is 32.6 Å². The number of rotatable bonds is 7. The molecule has 0 spiro atoms. The molecule has 0 heterocycles. The third-order valence-corrected chi connectivity index (χ3v) is 3.02. The van der Waals surface area contributed by atoms with Crippen LogP contribution in [0.15, 0.2) is 18.2 Å². The molecule has 0 radical (unpaired) electrons. The first kappa shape index (κ1) is 14.7. The van der Waals surface area contributed by atoms with Crippen LogP contribution in [-0.2, 0) is 0 Å². The Hall–Kier alpha value is -1.35. The Morgan fingerprint density at radius 1 is 1.39 bits per heavy atom. The van der Waals surface area contributed by atoms with Gasteiger partial charge in [0.1, 0.15) is 5.75 Å². The SMILES string of the molecule is CNCCCC(=O)c1ccc(C(C)C)cc1OC. The van der Waals surface area contributed by atoms with Gasteiger partial charge >= 0.3 is 0 Å². The summed E-state index contributed by atoms with van der Waals surface area (Å²) >= 11 is 0. The smallest absolute Gasteiger partial charge is 0.166 e. The predicted octanol–water partition coefficient (Wildman–Crippen LogP) is 3.00. The van der Waals surface area contributed by atoms with Gasteiger partial charge in [-0.05, 0) is 43.6 Å². The van der Waals surface area contributed by atoms with Crippen LogP contribution >= 0.6 is 0 Å². The predicted molar refractivity (Wildman–Crippen MR) is 74.6 cm³/mol. The second-order valence-corrected chi connectivity index (χ2v) is 4.74. The number of hydrogen-bond donors (Lipinski definition) is 1. The quantitative estimate of drug-likeness (QED) is 0.596. The van der Waals surface area contributed by atoms with Gasteiger partial charge in [0.15, 0.2) is 5.78 Å². The molecule has 0 fully saturated rings. The van der Waals surface area contributed by atoms with Gasteiger partial charge in [0.05, 0.1) is 12.7 Å². The van der Waals surface area contributed by atoms with Crippen LogP contribution in [0.3, 0.4) is 0 Å². The van der Waals surface area contributed by atoms with Crippen molar-refractivity contribution in [2.75, 3.05) is 20.7 Å². The lowest BCUT2D eigenvalue weighted by atomic mass is 9.98. The summed E-state index contributed by atoms with van der Waals surface area (Å²) in [5, 5.41) is 3.04. The maximum atomic E-state index is 12.1. The first-order valence-electron chi connectivity index (χ1n) is 6.46. The first-order valence-corrected chi connectivity index (χ1v) is 6.46. The van der Waals surface area contributed by atoms with Crippen LogP contribution < -0.4 is 10.1 Å². The number of nitrogens with one attached hydrogen (secondary N) is 1. The van der Waals surface area contributed by atoms with Gasteiger partial charge in [0.25, 0.3) is 0 Å². The summed E-state index contributed by atoms with van der Waals surface area (Å²) in [7, 11) is 3.51. The molecule has 0 atom stereocenters. The van der Waals surface area contributed by atoms with Crippen molar-refractivity contribution in [2.24, 2.45) is 0 Å². The molecule has 0 saturated heterocycles. The summed E-state index contributed by atoms with van der Waals surface area (Å²) in [6, 6.07) is 5.87. The van der Waals surface area contributed by atoms with Crippen molar-refractivity contribution >= 4 is 5.78 Å². The molecule has 100 valence electrons. The molecule has 0 bridgehead atoms. The van der Waals surface area contributed by atoms with E-state index in [2.05, 4.69) is 19.2 Å². The summed E-state index contributed by atoms with van der Waals surface area (Å²) < 4.78 is 5.33. The highest BCUT2D eigenvalue weighted by Gasteiger charge is 2.13. The average Bonchev–Trinajstić information content (AvgIpc) is 2.38. The topological polar surface area (TPSA) is 38.3 Å². The molecule has 18 heavy (non-hydrogen) atoms. The number of carbonyl (C=O) groups is 1. The lowest BCUT2D eigenvalue weighted by Gasteiger charge is -2.12. The van der Waals surface area contributed by atoms with Crippen molar-refractivity contribution in [3.63, 3.8) is 0 Å². The molecule has 1 rings (SSSR count). The zero-order valence-corrected chi connectivity index (χ0v) is 11.7. The third-order valence-electron chi connectivity index (χ3n) is 3.02. The van der Waals surface area contributed by atoms with Gasteiger partial charge in [0, 0.05) is 6.42 Å². The monoisotopic (exact) mass is 249 g/mol. The molecule has 0 aliphatic rings. The van der Waals surface area contributed by atoms with Crippen molar-refractivity contribution in [1.29, 1.82) is 0 Å². The van der Waals surface area contributed by atoms with E-state index in [9.17, 15) is 4.79 Å². The Morgan fingerprint density at radius 3 is 2.67 bits per heavy atom. The average molecular weight is 249 g/mol. The highest BCUT2D eigenvalue weighted by molar-refractivity contribution is 5.98. The Balaban J connectivity index is 2.84. The Kier molecular flexibility index (Phi) is 5.86. The van der Waals surface area contributed by atoms with E-state index in [1.54, 1.807) is 7.11 Å². The van der Waals surface area contributed by atoms with E-state index in [1.165, 1.54) is 5.56 Å². The Bertz CT molecular complexity index is 399. The summed E-state index contributed by atoms with van der Waals surface area (Å²) in [6.45, 7) is 5.12. The normalized spacial score (nSPS) is 10.7. The van der Waals surface area contributed by atoms with Crippen molar-refractivity contribution in [1.82, 2.24) is 5.32 Å². The standard InChI is InChI=1S/C15H23NO2/c1-11(2)12-7-8-13(15(10-12)18-4)14(17)6-5-9-16-3/h7-8,10-11,16H,5-6,9H2,1-4H3. The molecule has 3 nitrogen and oxygen atoms in total. The van der Waals surface area contributed by atoms with Gasteiger partial charge in [0.2, 0.25) is 0 Å². The highest BCUT2D eigenvalue weighted by Crippen LogP contribution is 2.25. The highest BCUT2D eigenvalue weighted by atomic mass is 16.5. The summed E-state index contributed by atoms with van der Waals surface area (Å²) in [6.07, 6.45) is 1.41. The minimum absolute atomic E-state index is 0.150. The fourth-order valence-electron chi connectivity index (χ4n) is 1.86. The maximum absolute atomic E-state index is 12.1. The number of carbonyl (C=O) groups excluding carboxylic acids is 1. The lowest BCUT2D eigenvalue weighted by molar-refractivity contribution is 0.0977. The molecule has 0 unspecified atom stereocenters. The van der Waals surface area contributed by atoms with Gasteiger partial charge in [-0.3, -0.25) is 4.79 Å². The van der Waals surface area contributed by atoms with E-state index in [-0.39, 0.29) is 5.78 Å². The van der Waals surface area contributed by atoms with Crippen molar-refractivity contribution < 1.29 is 9.53 Å². The second kappa shape index (κ2) is 7.17. The van der Waals surface area contributed by atoms with E-state index >= 15 is 0 Å². The van der Waals surface area contributed by atoms with Gasteiger partial charge < -0.3 is 10.1 Å². The molecule has 0 aliphatic heterocycles. The van der Waals surface area contributed by atoms with E-state index in [0.717, 1.165) is 13.0 Å².